The van der Waals surface area contributed by atoms with Gasteiger partial charge in [-0.2, -0.15) is 11.8 Å². The molecule has 1 aromatic rings. The molecule has 1 aliphatic heterocycles. The molecule has 18 heavy (non-hydrogen) atoms. The molecule has 0 saturated carbocycles. The van der Waals surface area contributed by atoms with E-state index in [1.807, 2.05) is 22.7 Å². The second kappa shape index (κ2) is 7.43. The highest BCUT2D eigenvalue weighted by molar-refractivity contribution is 7.99. The van der Waals surface area contributed by atoms with E-state index < -0.39 is 0 Å². The van der Waals surface area contributed by atoms with Gasteiger partial charge in [-0.25, -0.2) is 0 Å². The number of thiophene rings is 1. The van der Waals surface area contributed by atoms with Gasteiger partial charge >= 0.3 is 0 Å². The maximum Gasteiger partial charge on any atom is 0.224 e. The molecule has 0 bridgehead atoms. The van der Waals surface area contributed by atoms with Crippen molar-refractivity contribution in [2.45, 2.75) is 11.8 Å². The second-order valence-corrected chi connectivity index (χ2v) is 7.30. The van der Waals surface area contributed by atoms with Gasteiger partial charge in [0.1, 0.15) is 5.37 Å². The number of nitrogens with zero attached hydrogens (tertiary/aromatic N) is 1. The molecule has 2 heterocycles. The highest BCUT2D eigenvalue weighted by Crippen LogP contribution is 2.39. The summed E-state index contributed by atoms with van der Waals surface area (Å²) in [7, 11) is 0. The van der Waals surface area contributed by atoms with E-state index in [0.29, 0.717) is 6.42 Å². The van der Waals surface area contributed by atoms with Crippen molar-refractivity contribution >= 4 is 40.8 Å². The van der Waals surface area contributed by atoms with Gasteiger partial charge in [0.25, 0.3) is 0 Å². The summed E-state index contributed by atoms with van der Waals surface area (Å²) in [4.78, 5) is 15.3. The molecule has 6 heteroatoms. The topological polar surface area (TPSA) is 40.5 Å². The summed E-state index contributed by atoms with van der Waals surface area (Å²) in [6.07, 6.45) is 0.650. The van der Waals surface area contributed by atoms with Crippen molar-refractivity contribution in [1.29, 1.82) is 0 Å². The van der Waals surface area contributed by atoms with Gasteiger partial charge in [0.2, 0.25) is 5.91 Å². The smallest absolute Gasteiger partial charge is 0.224 e. The van der Waals surface area contributed by atoms with Crippen LogP contribution in [0.3, 0.4) is 0 Å². The zero-order valence-electron chi connectivity index (χ0n) is 10.1. The monoisotopic (exact) mass is 303 g/mol. The van der Waals surface area contributed by atoms with Gasteiger partial charge in [0.15, 0.2) is 0 Å². The van der Waals surface area contributed by atoms with Crippen LogP contribution < -0.4 is 0 Å². The average molecular weight is 303 g/mol. The van der Waals surface area contributed by atoms with E-state index >= 15 is 0 Å². The minimum atomic E-state index is 0.195. The van der Waals surface area contributed by atoms with Crippen molar-refractivity contribution in [2.75, 3.05) is 30.4 Å². The van der Waals surface area contributed by atoms with Crippen LogP contribution in [0.4, 0.5) is 0 Å². The molecule has 0 radical (unpaired) electrons. The number of hydrogen-bond acceptors (Lipinski definition) is 5. The Kier molecular flexibility index (Phi) is 5.88. The lowest BCUT2D eigenvalue weighted by atomic mass is 10.3. The van der Waals surface area contributed by atoms with E-state index in [9.17, 15) is 4.79 Å². The lowest BCUT2D eigenvalue weighted by molar-refractivity contribution is -0.131. The minimum Gasteiger partial charge on any atom is -0.396 e. The molecule has 1 unspecified atom stereocenters. The van der Waals surface area contributed by atoms with Crippen molar-refractivity contribution in [3.63, 3.8) is 0 Å². The first-order valence-electron chi connectivity index (χ1n) is 5.96. The summed E-state index contributed by atoms with van der Waals surface area (Å²) in [6, 6.07) is 4.15. The average Bonchev–Trinajstić information content (AvgIpc) is 2.89. The molecule has 1 amide bonds. The fourth-order valence-corrected chi connectivity index (χ4v) is 4.77. The van der Waals surface area contributed by atoms with E-state index in [-0.39, 0.29) is 17.9 Å². The van der Waals surface area contributed by atoms with Crippen molar-refractivity contribution < 1.29 is 9.90 Å². The Hall–Kier alpha value is -0.170. The third kappa shape index (κ3) is 3.66. The number of carbonyl (C=O) groups excluding carboxylic acids is 1. The molecule has 0 aromatic carbocycles. The predicted octanol–water partition coefficient (Wildman–Crippen LogP) is 2.44. The highest BCUT2D eigenvalue weighted by Gasteiger charge is 2.29. The fraction of sp³-hybridized carbons (Fsp3) is 0.583. The van der Waals surface area contributed by atoms with Gasteiger partial charge in [-0.3, -0.25) is 4.79 Å². The molecule has 1 N–H and O–H groups in total. The third-order valence-electron chi connectivity index (χ3n) is 2.69. The number of amides is 1. The van der Waals surface area contributed by atoms with Crippen LogP contribution in [0, 0.1) is 0 Å². The number of aliphatic hydroxyl groups is 1. The molecular weight excluding hydrogens is 286 g/mol. The molecule has 0 spiro atoms. The first kappa shape index (κ1) is 14.2. The predicted molar refractivity (Wildman–Crippen MR) is 80.3 cm³/mol. The van der Waals surface area contributed by atoms with Crippen LogP contribution in [0.1, 0.15) is 16.7 Å². The van der Waals surface area contributed by atoms with Crippen molar-refractivity contribution in [3.05, 3.63) is 22.4 Å². The van der Waals surface area contributed by atoms with Crippen LogP contribution in [0.2, 0.25) is 0 Å². The largest absolute Gasteiger partial charge is 0.396 e. The summed E-state index contributed by atoms with van der Waals surface area (Å²) in [5.41, 5.74) is 0. The fourth-order valence-electron chi connectivity index (χ4n) is 1.86. The standard InChI is InChI=1S/C12H17NO2S3/c14-5-9-16-8-4-13-11(15)3-7-18-12(13)10-2-1-6-17-10/h1-2,6,12,14H,3-5,7-9H2. The number of carbonyl (C=O) groups is 1. The molecule has 1 aliphatic rings. The summed E-state index contributed by atoms with van der Waals surface area (Å²) in [5.74, 6) is 2.83. The maximum atomic E-state index is 12.0. The quantitative estimate of drug-likeness (QED) is 0.820. The highest BCUT2D eigenvalue weighted by atomic mass is 32.2. The zero-order chi connectivity index (χ0) is 12.8. The minimum absolute atomic E-state index is 0.195. The molecule has 0 aliphatic carbocycles. The van der Waals surface area contributed by atoms with Crippen LogP contribution >= 0.6 is 34.9 Å². The number of thioether (sulfide) groups is 2. The van der Waals surface area contributed by atoms with E-state index in [0.717, 1.165) is 23.8 Å². The number of aliphatic hydroxyl groups excluding tert-OH is 1. The lowest BCUT2D eigenvalue weighted by Gasteiger charge is -2.34. The molecule has 2 rings (SSSR count). The molecule has 1 fully saturated rings. The Morgan fingerprint density at radius 1 is 1.50 bits per heavy atom. The molecule has 3 nitrogen and oxygen atoms in total. The van der Waals surface area contributed by atoms with Gasteiger partial charge in [-0.15, -0.1) is 23.1 Å². The maximum absolute atomic E-state index is 12.0. The molecule has 1 atom stereocenters. The van der Waals surface area contributed by atoms with Gasteiger partial charge < -0.3 is 10.0 Å². The molecule has 1 aromatic heterocycles. The van der Waals surface area contributed by atoms with Gasteiger partial charge in [0.05, 0.1) is 6.61 Å². The zero-order valence-corrected chi connectivity index (χ0v) is 12.5. The van der Waals surface area contributed by atoms with Crippen molar-refractivity contribution in [3.8, 4) is 0 Å². The van der Waals surface area contributed by atoms with Crippen LogP contribution in [-0.2, 0) is 4.79 Å². The Morgan fingerprint density at radius 2 is 2.39 bits per heavy atom. The molecule has 100 valence electrons. The Morgan fingerprint density at radius 3 is 3.11 bits per heavy atom. The first-order chi connectivity index (χ1) is 8.83. The SMILES string of the molecule is O=C1CCSC(c2cccs2)N1CCSCCO. The van der Waals surface area contributed by atoms with E-state index in [4.69, 9.17) is 5.11 Å². The first-order valence-corrected chi connectivity index (χ1v) is 9.04. The Bertz CT molecular complexity index is 369. The Labute approximate surface area is 120 Å². The normalized spacial score (nSPS) is 20.4. The third-order valence-corrected chi connectivity index (χ3v) is 5.97. The van der Waals surface area contributed by atoms with E-state index in [1.54, 1.807) is 23.1 Å². The Balaban J connectivity index is 1.95. The van der Waals surface area contributed by atoms with E-state index in [2.05, 4.69) is 11.4 Å². The van der Waals surface area contributed by atoms with Gasteiger partial charge in [0, 0.05) is 35.1 Å². The number of hydrogen-bond donors (Lipinski definition) is 1. The lowest BCUT2D eigenvalue weighted by Crippen LogP contribution is -2.38. The summed E-state index contributed by atoms with van der Waals surface area (Å²) < 4.78 is 0. The summed E-state index contributed by atoms with van der Waals surface area (Å²) >= 11 is 5.27. The van der Waals surface area contributed by atoms with Gasteiger partial charge in [-0.05, 0) is 11.4 Å². The summed E-state index contributed by atoms with van der Waals surface area (Å²) in [6.45, 7) is 0.987. The van der Waals surface area contributed by atoms with Gasteiger partial charge in [-0.1, -0.05) is 6.07 Å². The number of rotatable bonds is 6. The molecule has 1 saturated heterocycles. The van der Waals surface area contributed by atoms with Crippen LogP contribution in [0.25, 0.3) is 0 Å². The molecular formula is C12H17NO2S3. The summed E-state index contributed by atoms with van der Waals surface area (Å²) in [5, 5.41) is 11.0. The van der Waals surface area contributed by atoms with Crippen LogP contribution in [0.15, 0.2) is 17.5 Å². The van der Waals surface area contributed by atoms with E-state index in [1.165, 1.54) is 4.88 Å². The second-order valence-electron chi connectivity index (χ2n) is 3.91. The van der Waals surface area contributed by atoms with Crippen LogP contribution in [0.5, 0.6) is 0 Å². The van der Waals surface area contributed by atoms with Crippen LogP contribution in [-0.4, -0.2) is 46.3 Å². The van der Waals surface area contributed by atoms with Crippen molar-refractivity contribution in [1.82, 2.24) is 4.90 Å². The van der Waals surface area contributed by atoms with Crippen molar-refractivity contribution in [2.24, 2.45) is 0 Å².